The van der Waals surface area contributed by atoms with Crippen molar-refractivity contribution in [1.29, 1.82) is 0 Å². The second kappa shape index (κ2) is 6.66. The first-order chi connectivity index (χ1) is 10.3. The normalized spacial score (nSPS) is 23.1. The molecule has 2 amide bonds. The van der Waals surface area contributed by atoms with Crippen LogP contribution in [0.25, 0.3) is 0 Å². The molecule has 0 spiro atoms. The predicted molar refractivity (Wildman–Crippen MR) is 74.9 cm³/mol. The molecule has 2 N–H and O–H groups in total. The van der Waals surface area contributed by atoms with Gasteiger partial charge < -0.3 is 15.4 Å². The standard InChI is InChI=1S/C13H15F3N2O3S/c1-8-11(6-7-21-8)18-12(19)17-9-2-4-10(5-3-9)22(20)13(14,15)16/h2-5,8,11H,6-7H2,1H3,(H2,17,18,19)/t8-,11+,22+/m0/s1. The van der Waals surface area contributed by atoms with Gasteiger partial charge in [-0.25, -0.2) is 9.00 Å². The van der Waals surface area contributed by atoms with Crippen LogP contribution in [0.5, 0.6) is 0 Å². The van der Waals surface area contributed by atoms with Crippen LogP contribution in [-0.2, 0) is 15.5 Å². The summed E-state index contributed by atoms with van der Waals surface area (Å²) in [5.74, 6) is 0. The van der Waals surface area contributed by atoms with E-state index in [1.165, 1.54) is 12.1 Å². The average molecular weight is 336 g/mol. The molecule has 22 heavy (non-hydrogen) atoms. The quantitative estimate of drug-likeness (QED) is 0.892. The van der Waals surface area contributed by atoms with Crippen molar-refractivity contribution < 1.29 is 26.9 Å². The molecule has 1 saturated heterocycles. The molecule has 0 unspecified atom stereocenters. The fourth-order valence-corrected chi connectivity index (χ4v) is 2.70. The van der Waals surface area contributed by atoms with Crippen LogP contribution in [-0.4, -0.2) is 34.5 Å². The van der Waals surface area contributed by atoms with Crippen LogP contribution in [0.2, 0.25) is 0 Å². The first-order valence-corrected chi connectivity index (χ1v) is 7.70. The Morgan fingerprint density at radius 3 is 2.45 bits per heavy atom. The molecule has 1 aromatic rings. The Morgan fingerprint density at radius 1 is 1.32 bits per heavy atom. The van der Waals surface area contributed by atoms with E-state index in [0.717, 1.165) is 12.1 Å². The summed E-state index contributed by atoms with van der Waals surface area (Å²) < 4.78 is 53.4. The van der Waals surface area contributed by atoms with Crippen LogP contribution in [0.4, 0.5) is 23.7 Å². The number of amides is 2. The maximum Gasteiger partial charge on any atom is 0.475 e. The van der Waals surface area contributed by atoms with Crippen LogP contribution in [0.1, 0.15) is 13.3 Å². The second-order valence-corrected chi connectivity index (χ2v) is 6.28. The number of rotatable bonds is 3. The summed E-state index contributed by atoms with van der Waals surface area (Å²) in [6.45, 7) is 2.42. The van der Waals surface area contributed by atoms with E-state index in [2.05, 4.69) is 10.6 Å². The lowest BCUT2D eigenvalue weighted by atomic mass is 10.2. The number of carbonyl (C=O) groups excluding carboxylic acids is 1. The smallest absolute Gasteiger partial charge is 0.376 e. The molecule has 122 valence electrons. The molecule has 5 nitrogen and oxygen atoms in total. The molecule has 1 aliphatic rings. The van der Waals surface area contributed by atoms with Gasteiger partial charge in [-0.1, -0.05) is 0 Å². The monoisotopic (exact) mass is 336 g/mol. The number of alkyl halides is 3. The fraction of sp³-hybridized carbons (Fsp3) is 0.462. The van der Waals surface area contributed by atoms with Crippen LogP contribution < -0.4 is 10.6 Å². The third-order valence-electron chi connectivity index (χ3n) is 3.23. The zero-order valence-corrected chi connectivity index (χ0v) is 12.5. The van der Waals surface area contributed by atoms with Crippen molar-refractivity contribution in [1.82, 2.24) is 5.32 Å². The van der Waals surface area contributed by atoms with E-state index in [-0.39, 0.29) is 17.0 Å². The maximum absolute atomic E-state index is 12.3. The highest BCUT2D eigenvalue weighted by molar-refractivity contribution is 7.86. The minimum Gasteiger partial charge on any atom is -0.376 e. The van der Waals surface area contributed by atoms with Crippen LogP contribution in [0.15, 0.2) is 29.2 Å². The molecule has 1 aliphatic heterocycles. The molecule has 0 aliphatic carbocycles. The Bertz CT molecular complexity index is 563. The third kappa shape index (κ3) is 4.20. The number of benzene rings is 1. The van der Waals surface area contributed by atoms with Crippen molar-refractivity contribution in [3.63, 3.8) is 0 Å². The van der Waals surface area contributed by atoms with Gasteiger partial charge in [0.15, 0.2) is 10.8 Å². The first-order valence-electron chi connectivity index (χ1n) is 6.55. The Hall–Kier alpha value is -1.61. The molecule has 1 aromatic carbocycles. The van der Waals surface area contributed by atoms with E-state index < -0.39 is 22.3 Å². The second-order valence-electron chi connectivity index (χ2n) is 4.81. The molecule has 0 bridgehead atoms. The maximum atomic E-state index is 12.3. The van der Waals surface area contributed by atoms with E-state index in [4.69, 9.17) is 4.74 Å². The van der Waals surface area contributed by atoms with Gasteiger partial charge in [0.2, 0.25) is 0 Å². The van der Waals surface area contributed by atoms with Crippen LogP contribution in [0.3, 0.4) is 0 Å². The summed E-state index contributed by atoms with van der Waals surface area (Å²) in [5.41, 5.74) is -4.49. The van der Waals surface area contributed by atoms with Gasteiger partial charge in [-0.3, -0.25) is 0 Å². The highest BCUT2D eigenvalue weighted by Crippen LogP contribution is 2.26. The molecule has 1 heterocycles. The largest absolute Gasteiger partial charge is 0.475 e. The van der Waals surface area contributed by atoms with Gasteiger partial charge in [0.05, 0.1) is 12.1 Å². The summed E-state index contributed by atoms with van der Waals surface area (Å²) in [5, 5.41) is 5.23. The van der Waals surface area contributed by atoms with Gasteiger partial charge in [-0.2, -0.15) is 13.2 Å². The van der Waals surface area contributed by atoms with Gasteiger partial charge in [-0.05, 0) is 37.6 Å². The lowest BCUT2D eigenvalue weighted by Crippen LogP contribution is -2.41. The molecule has 1 fully saturated rings. The Balaban J connectivity index is 1.93. The van der Waals surface area contributed by atoms with Crippen molar-refractivity contribution in [3.8, 4) is 0 Å². The van der Waals surface area contributed by atoms with Crippen molar-refractivity contribution in [3.05, 3.63) is 24.3 Å². The fourth-order valence-electron chi connectivity index (χ4n) is 2.05. The molecular formula is C13H15F3N2O3S. The van der Waals surface area contributed by atoms with Crippen LogP contribution >= 0.6 is 0 Å². The van der Waals surface area contributed by atoms with Crippen molar-refractivity contribution >= 4 is 22.5 Å². The SMILES string of the molecule is C[C@@H]1OCC[C@H]1NC(=O)Nc1ccc([S@@](=O)C(F)(F)F)cc1. The van der Waals surface area contributed by atoms with Gasteiger partial charge in [0.1, 0.15) is 0 Å². The number of nitrogens with one attached hydrogen (secondary N) is 2. The summed E-state index contributed by atoms with van der Waals surface area (Å²) in [7, 11) is -3.07. The summed E-state index contributed by atoms with van der Waals surface area (Å²) in [6.07, 6.45) is 0.625. The highest BCUT2D eigenvalue weighted by Gasteiger charge is 2.37. The van der Waals surface area contributed by atoms with E-state index in [1.54, 1.807) is 0 Å². The Kier molecular flexibility index (Phi) is 5.07. The van der Waals surface area contributed by atoms with E-state index in [0.29, 0.717) is 18.7 Å². The minimum atomic E-state index is -4.80. The van der Waals surface area contributed by atoms with Gasteiger partial charge in [0, 0.05) is 17.2 Å². The molecule has 2 rings (SSSR count). The van der Waals surface area contributed by atoms with Crippen LogP contribution in [0, 0.1) is 0 Å². The number of halogens is 3. The Labute approximate surface area is 127 Å². The molecular weight excluding hydrogens is 321 g/mol. The lowest BCUT2D eigenvalue weighted by Gasteiger charge is -2.16. The van der Waals surface area contributed by atoms with Gasteiger partial charge in [0.25, 0.3) is 0 Å². The molecule has 0 aromatic heterocycles. The zero-order chi connectivity index (χ0) is 16.3. The number of hydrogen-bond donors (Lipinski definition) is 2. The number of urea groups is 1. The molecule has 0 radical (unpaired) electrons. The molecule has 0 saturated carbocycles. The summed E-state index contributed by atoms with van der Waals surface area (Å²) >= 11 is 0. The molecule has 3 atom stereocenters. The summed E-state index contributed by atoms with van der Waals surface area (Å²) in [6, 6.07) is 4.12. The zero-order valence-electron chi connectivity index (χ0n) is 11.6. The number of ether oxygens (including phenoxy) is 1. The first kappa shape index (κ1) is 16.8. The average Bonchev–Trinajstić information content (AvgIpc) is 2.83. The minimum absolute atomic E-state index is 0.0812. The topological polar surface area (TPSA) is 67.4 Å². The van der Waals surface area contributed by atoms with E-state index in [1.807, 2.05) is 6.92 Å². The van der Waals surface area contributed by atoms with Crippen molar-refractivity contribution in [2.24, 2.45) is 0 Å². The van der Waals surface area contributed by atoms with Crippen molar-refractivity contribution in [2.75, 3.05) is 11.9 Å². The lowest BCUT2D eigenvalue weighted by molar-refractivity contribution is -0.0384. The van der Waals surface area contributed by atoms with E-state index in [9.17, 15) is 22.2 Å². The summed E-state index contributed by atoms with van der Waals surface area (Å²) in [4.78, 5) is 11.4. The predicted octanol–water partition coefficient (Wildman–Crippen LogP) is 2.61. The van der Waals surface area contributed by atoms with E-state index >= 15 is 0 Å². The third-order valence-corrected chi connectivity index (χ3v) is 4.35. The van der Waals surface area contributed by atoms with Gasteiger partial charge >= 0.3 is 11.5 Å². The number of hydrogen-bond acceptors (Lipinski definition) is 3. The highest BCUT2D eigenvalue weighted by atomic mass is 32.2. The number of carbonyl (C=O) groups is 1. The Morgan fingerprint density at radius 2 is 1.95 bits per heavy atom. The number of anilines is 1. The molecule has 9 heteroatoms. The van der Waals surface area contributed by atoms with Crippen molar-refractivity contribution in [2.45, 2.75) is 35.9 Å². The van der Waals surface area contributed by atoms with Gasteiger partial charge in [-0.15, -0.1) is 0 Å².